The van der Waals surface area contributed by atoms with Gasteiger partial charge >= 0.3 is 0 Å². The summed E-state index contributed by atoms with van der Waals surface area (Å²) in [5.74, 6) is 0.733. The molecule has 4 rings (SSSR count). The van der Waals surface area contributed by atoms with Gasteiger partial charge in [0.1, 0.15) is 5.82 Å². The van der Waals surface area contributed by atoms with Crippen molar-refractivity contribution in [2.45, 2.75) is 44.6 Å². The zero-order valence-corrected chi connectivity index (χ0v) is 17.2. The Morgan fingerprint density at radius 3 is 2.90 bits per heavy atom. The summed E-state index contributed by atoms with van der Waals surface area (Å²) >= 11 is 6.09. The highest BCUT2D eigenvalue weighted by Gasteiger charge is 2.34. The summed E-state index contributed by atoms with van der Waals surface area (Å²) in [5, 5.41) is 14.1. The minimum atomic E-state index is -0.712. The fraction of sp³-hybridized carbons (Fsp3) is 0.391. The molecule has 0 saturated heterocycles. The lowest BCUT2D eigenvalue weighted by molar-refractivity contribution is -0.127. The molecule has 1 heterocycles. The second-order valence-corrected chi connectivity index (χ2v) is 8.33. The van der Waals surface area contributed by atoms with Gasteiger partial charge in [0.2, 0.25) is 5.91 Å². The van der Waals surface area contributed by atoms with Crippen LogP contribution in [0.1, 0.15) is 54.7 Å². The number of nitrogens with one attached hydrogen (secondary N) is 2. The standard InChI is InChI=1S/C23H26ClN3O2/c1-14-6-2-3-7-16(14)21(28)13-25-23(29)18-9-5-4-8-17(18)22-26-19-11-10-15(24)12-20(19)27-22/h2-3,6-7,10-12,17-18,21,28H,4-5,8-9,13H2,1H3,(H,25,29)(H,26,27)/t17-,18-,21-/m1/s1. The number of amides is 1. The van der Waals surface area contributed by atoms with Gasteiger partial charge in [-0.3, -0.25) is 4.79 Å². The van der Waals surface area contributed by atoms with Crippen molar-refractivity contribution in [1.82, 2.24) is 15.3 Å². The van der Waals surface area contributed by atoms with Crippen LogP contribution in [0.3, 0.4) is 0 Å². The van der Waals surface area contributed by atoms with E-state index in [0.29, 0.717) is 5.02 Å². The number of aromatic nitrogens is 2. The largest absolute Gasteiger partial charge is 0.387 e. The van der Waals surface area contributed by atoms with Crippen molar-refractivity contribution in [2.24, 2.45) is 5.92 Å². The number of carbonyl (C=O) groups is 1. The first-order valence-electron chi connectivity index (χ1n) is 10.2. The molecule has 3 aromatic rings. The van der Waals surface area contributed by atoms with E-state index in [0.717, 1.165) is 53.7 Å². The van der Waals surface area contributed by atoms with Crippen molar-refractivity contribution in [3.63, 3.8) is 0 Å². The Balaban J connectivity index is 1.47. The second kappa shape index (κ2) is 8.56. The Kier molecular flexibility index (Phi) is 5.88. The predicted octanol–water partition coefficient (Wildman–Crippen LogP) is 4.65. The molecule has 1 aliphatic carbocycles. The Hall–Kier alpha value is -2.37. The third-order valence-electron chi connectivity index (χ3n) is 5.93. The molecule has 1 aliphatic rings. The minimum absolute atomic E-state index is 0.0131. The summed E-state index contributed by atoms with van der Waals surface area (Å²) in [6.07, 6.45) is 3.15. The molecule has 0 unspecified atom stereocenters. The highest BCUT2D eigenvalue weighted by molar-refractivity contribution is 6.31. The van der Waals surface area contributed by atoms with Crippen LogP contribution < -0.4 is 5.32 Å². The molecule has 1 aromatic heterocycles. The normalized spacial score (nSPS) is 20.5. The first-order chi connectivity index (χ1) is 14.0. The van der Waals surface area contributed by atoms with Crippen molar-refractivity contribution in [3.05, 3.63) is 64.4 Å². The molecule has 1 fully saturated rings. The van der Waals surface area contributed by atoms with Gasteiger partial charge in [0.25, 0.3) is 0 Å². The molecule has 3 atom stereocenters. The molecule has 0 aliphatic heterocycles. The summed E-state index contributed by atoms with van der Waals surface area (Å²) in [5.41, 5.74) is 3.63. The number of benzene rings is 2. The van der Waals surface area contributed by atoms with Crippen LogP contribution in [0.5, 0.6) is 0 Å². The van der Waals surface area contributed by atoms with Crippen LogP contribution >= 0.6 is 11.6 Å². The maximum atomic E-state index is 13.0. The number of fused-ring (bicyclic) bond motifs is 1. The Labute approximate surface area is 175 Å². The van der Waals surface area contributed by atoms with Gasteiger partial charge in [0.05, 0.1) is 17.1 Å². The molecule has 1 amide bonds. The van der Waals surface area contributed by atoms with Gasteiger partial charge in [0.15, 0.2) is 0 Å². The van der Waals surface area contributed by atoms with Crippen LogP contribution in [-0.4, -0.2) is 27.5 Å². The van der Waals surface area contributed by atoms with Gasteiger partial charge in [-0.15, -0.1) is 0 Å². The number of aliphatic hydroxyl groups excluding tert-OH is 1. The van der Waals surface area contributed by atoms with E-state index in [9.17, 15) is 9.90 Å². The molecule has 3 N–H and O–H groups in total. The number of halogens is 1. The van der Waals surface area contributed by atoms with Crippen molar-refractivity contribution >= 4 is 28.5 Å². The lowest BCUT2D eigenvalue weighted by Crippen LogP contribution is -2.38. The van der Waals surface area contributed by atoms with Gasteiger partial charge in [-0.05, 0) is 49.1 Å². The molecule has 5 nitrogen and oxygen atoms in total. The maximum absolute atomic E-state index is 13.0. The number of hydrogen-bond donors (Lipinski definition) is 3. The van der Waals surface area contributed by atoms with Gasteiger partial charge in [-0.1, -0.05) is 48.7 Å². The number of nitrogens with zero attached hydrogens (tertiary/aromatic N) is 1. The van der Waals surface area contributed by atoms with Crippen LogP contribution in [0, 0.1) is 12.8 Å². The second-order valence-electron chi connectivity index (χ2n) is 7.90. The number of carbonyl (C=O) groups excluding carboxylic acids is 1. The zero-order chi connectivity index (χ0) is 20.4. The van der Waals surface area contributed by atoms with E-state index in [1.807, 2.05) is 49.4 Å². The lowest BCUT2D eigenvalue weighted by atomic mass is 9.78. The van der Waals surface area contributed by atoms with Crippen molar-refractivity contribution in [1.29, 1.82) is 0 Å². The van der Waals surface area contributed by atoms with E-state index < -0.39 is 6.10 Å². The fourth-order valence-electron chi connectivity index (χ4n) is 4.35. The van der Waals surface area contributed by atoms with E-state index in [1.54, 1.807) is 0 Å². The van der Waals surface area contributed by atoms with E-state index in [1.165, 1.54) is 0 Å². The summed E-state index contributed by atoms with van der Waals surface area (Å²) in [7, 11) is 0. The van der Waals surface area contributed by atoms with E-state index in [-0.39, 0.29) is 24.3 Å². The van der Waals surface area contributed by atoms with Crippen LogP contribution in [-0.2, 0) is 4.79 Å². The molecule has 0 spiro atoms. The van der Waals surface area contributed by atoms with Crippen LogP contribution in [0.15, 0.2) is 42.5 Å². The Bertz CT molecular complexity index is 1020. The molecule has 0 bridgehead atoms. The highest BCUT2D eigenvalue weighted by atomic mass is 35.5. The molecule has 2 aromatic carbocycles. The maximum Gasteiger partial charge on any atom is 0.223 e. The quantitative estimate of drug-likeness (QED) is 0.571. The predicted molar refractivity (Wildman–Crippen MR) is 115 cm³/mol. The van der Waals surface area contributed by atoms with E-state index >= 15 is 0 Å². The molecule has 1 saturated carbocycles. The van der Waals surface area contributed by atoms with Crippen LogP contribution in [0.4, 0.5) is 0 Å². The van der Waals surface area contributed by atoms with Crippen LogP contribution in [0.2, 0.25) is 5.02 Å². The highest BCUT2D eigenvalue weighted by Crippen LogP contribution is 2.37. The van der Waals surface area contributed by atoms with Crippen molar-refractivity contribution in [3.8, 4) is 0 Å². The smallest absolute Gasteiger partial charge is 0.223 e. The SMILES string of the molecule is Cc1ccccc1[C@H](O)CNC(=O)[C@@H]1CCCC[C@H]1c1nc2ccc(Cl)cc2[nH]1. The Morgan fingerprint density at radius 1 is 1.28 bits per heavy atom. The monoisotopic (exact) mass is 411 g/mol. The molecule has 29 heavy (non-hydrogen) atoms. The van der Waals surface area contributed by atoms with Gasteiger partial charge in [-0.25, -0.2) is 4.98 Å². The Morgan fingerprint density at radius 2 is 2.07 bits per heavy atom. The van der Waals surface area contributed by atoms with E-state index in [2.05, 4.69) is 10.3 Å². The first-order valence-corrected chi connectivity index (χ1v) is 10.6. The zero-order valence-electron chi connectivity index (χ0n) is 16.5. The summed E-state index contributed by atoms with van der Waals surface area (Å²) in [6.45, 7) is 2.17. The van der Waals surface area contributed by atoms with Gasteiger partial charge in [0, 0.05) is 23.4 Å². The fourth-order valence-corrected chi connectivity index (χ4v) is 4.52. The molecular formula is C23H26ClN3O2. The first kappa shape index (κ1) is 19.9. The number of hydrogen-bond acceptors (Lipinski definition) is 3. The molecule has 152 valence electrons. The molecular weight excluding hydrogens is 386 g/mol. The van der Waals surface area contributed by atoms with Crippen LogP contribution in [0.25, 0.3) is 11.0 Å². The third kappa shape index (κ3) is 4.31. The van der Waals surface area contributed by atoms with E-state index in [4.69, 9.17) is 16.6 Å². The third-order valence-corrected chi connectivity index (χ3v) is 6.17. The number of aliphatic hydroxyl groups is 1. The summed E-state index contributed by atoms with van der Waals surface area (Å²) in [6, 6.07) is 13.3. The summed E-state index contributed by atoms with van der Waals surface area (Å²) < 4.78 is 0. The van der Waals surface area contributed by atoms with Gasteiger partial charge < -0.3 is 15.4 Å². The summed E-state index contributed by atoms with van der Waals surface area (Å²) in [4.78, 5) is 21.1. The van der Waals surface area contributed by atoms with Crippen molar-refractivity contribution in [2.75, 3.05) is 6.54 Å². The topological polar surface area (TPSA) is 78.0 Å². The lowest BCUT2D eigenvalue weighted by Gasteiger charge is -2.29. The average molecular weight is 412 g/mol. The molecule has 0 radical (unpaired) electrons. The van der Waals surface area contributed by atoms with Gasteiger partial charge in [-0.2, -0.15) is 0 Å². The van der Waals surface area contributed by atoms with Crippen molar-refractivity contribution < 1.29 is 9.90 Å². The number of imidazole rings is 1. The molecule has 6 heteroatoms. The number of aryl methyl sites for hydroxylation is 1. The number of H-pyrrole nitrogens is 1. The minimum Gasteiger partial charge on any atom is -0.387 e. The average Bonchev–Trinajstić information content (AvgIpc) is 3.15. The number of aromatic amines is 1. The number of rotatable bonds is 5.